The molecule has 0 aromatic carbocycles. The number of nitrogens with zero attached hydrogens (tertiary/aromatic N) is 1. The summed E-state index contributed by atoms with van der Waals surface area (Å²) in [6, 6.07) is -0.0568. The monoisotopic (exact) mass is 325 g/mol. The van der Waals surface area contributed by atoms with Crippen molar-refractivity contribution in [1.82, 2.24) is 15.5 Å². The number of hydrogen-bond acceptors (Lipinski definition) is 4. The Morgan fingerprint density at radius 1 is 1.04 bits per heavy atom. The van der Waals surface area contributed by atoms with Gasteiger partial charge in [0.05, 0.1) is 19.3 Å². The summed E-state index contributed by atoms with van der Waals surface area (Å²) < 4.78 is 11.0. The first-order valence-corrected chi connectivity index (χ1v) is 9.25. The molecule has 3 rings (SSSR count). The first-order valence-electron chi connectivity index (χ1n) is 9.25. The molecule has 3 fully saturated rings. The molecule has 1 aliphatic carbocycles. The quantitative estimate of drug-likeness (QED) is 0.804. The Bertz CT molecular complexity index is 373. The third-order valence-corrected chi connectivity index (χ3v) is 5.56. The Balaban J connectivity index is 1.48. The lowest BCUT2D eigenvalue weighted by Crippen LogP contribution is -2.60. The highest BCUT2D eigenvalue weighted by Crippen LogP contribution is 2.33. The van der Waals surface area contributed by atoms with Crippen molar-refractivity contribution in [3.63, 3.8) is 0 Å². The van der Waals surface area contributed by atoms with Gasteiger partial charge in [-0.15, -0.1) is 0 Å². The highest BCUT2D eigenvalue weighted by molar-refractivity contribution is 5.73. The molecule has 2 N–H and O–H groups in total. The highest BCUT2D eigenvalue weighted by Gasteiger charge is 2.38. The zero-order chi connectivity index (χ0) is 16.0. The second kappa shape index (κ2) is 8.31. The van der Waals surface area contributed by atoms with E-state index in [2.05, 4.69) is 15.5 Å². The number of hydrogen-bond donors (Lipinski definition) is 2. The van der Waals surface area contributed by atoms with Crippen LogP contribution in [0.4, 0.5) is 4.79 Å². The van der Waals surface area contributed by atoms with Crippen LogP contribution < -0.4 is 10.6 Å². The van der Waals surface area contributed by atoms with Crippen molar-refractivity contribution in [2.24, 2.45) is 0 Å². The Labute approximate surface area is 139 Å². The molecule has 1 saturated carbocycles. The Kier molecular flexibility index (Phi) is 6.14. The molecule has 0 bridgehead atoms. The molecule has 0 radical (unpaired) electrons. The average molecular weight is 325 g/mol. The molecule has 23 heavy (non-hydrogen) atoms. The minimum Gasteiger partial charge on any atom is -0.379 e. The van der Waals surface area contributed by atoms with Gasteiger partial charge in [0.2, 0.25) is 0 Å². The van der Waals surface area contributed by atoms with Gasteiger partial charge >= 0.3 is 6.03 Å². The van der Waals surface area contributed by atoms with Crippen molar-refractivity contribution in [3.8, 4) is 0 Å². The Hall–Kier alpha value is -0.850. The molecule has 1 atom stereocenters. The number of rotatable bonds is 5. The number of urea groups is 1. The van der Waals surface area contributed by atoms with Crippen molar-refractivity contribution in [2.75, 3.05) is 46.0 Å². The predicted octanol–water partition coefficient (Wildman–Crippen LogP) is 1.50. The van der Waals surface area contributed by atoms with Crippen molar-refractivity contribution in [2.45, 2.75) is 56.6 Å². The SMILES string of the molecule is O=C(NCC1CCCO1)NCC1(N2CCOCC2)CCCCC1. The molecule has 0 spiro atoms. The van der Waals surface area contributed by atoms with Crippen LogP contribution in [-0.4, -0.2) is 68.6 Å². The zero-order valence-electron chi connectivity index (χ0n) is 14.1. The van der Waals surface area contributed by atoms with Crippen LogP contribution in [-0.2, 0) is 9.47 Å². The van der Waals surface area contributed by atoms with Crippen LogP contribution >= 0.6 is 0 Å². The van der Waals surface area contributed by atoms with Gasteiger partial charge in [-0.3, -0.25) is 4.90 Å². The van der Waals surface area contributed by atoms with Gasteiger partial charge in [-0.1, -0.05) is 19.3 Å². The minimum atomic E-state index is -0.0568. The van der Waals surface area contributed by atoms with E-state index in [9.17, 15) is 4.79 Å². The van der Waals surface area contributed by atoms with Gasteiger partial charge in [0.25, 0.3) is 0 Å². The summed E-state index contributed by atoms with van der Waals surface area (Å²) >= 11 is 0. The molecule has 2 aliphatic heterocycles. The van der Waals surface area contributed by atoms with Gasteiger partial charge in [0.15, 0.2) is 0 Å². The second-order valence-corrected chi connectivity index (χ2v) is 7.08. The molecule has 2 amide bonds. The number of ether oxygens (including phenoxy) is 2. The van der Waals surface area contributed by atoms with Crippen molar-refractivity contribution in [1.29, 1.82) is 0 Å². The van der Waals surface area contributed by atoms with Gasteiger partial charge in [-0.2, -0.15) is 0 Å². The lowest BCUT2D eigenvalue weighted by atomic mass is 9.80. The lowest BCUT2D eigenvalue weighted by molar-refractivity contribution is -0.0357. The third-order valence-electron chi connectivity index (χ3n) is 5.56. The van der Waals surface area contributed by atoms with E-state index in [1.807, 2.05) is 0 Å². The van der Waals surface area contributed by atoms with Gasteiger partial charge < -0.3 is 20.1 Å². The molecule has 2 heterocycles. The average Bonchev–Trinajstić information content (AvgIpc) is 3.13. The molecular formula is C17H31N3O3. The standard InChI is InChI=1S/C17H31N3O3/c21-16(18-13-15-5-4-10-23-15)19-14-17(6-2-1-3-7-17)20-8-11-22-12-9-20/h15H,1-14H2,(H2,18,19,21). The van der Waals surface area contributed by atoms with Gasteiger partial charge in [0, 0.05) is 38.3 Å². The molecule has 0 aromatic rings. The van der Waals surface area contributed by atoms with Crippen molar-refractivity contribution < 1.29 is 14.3 Å². The van der Waals surface area contributed by atoms with Crippen LogP contribution in [0.1, 0.15) is 44.9 Å². The molecular weight excluding hydrogens is 294 g/mol. The summed E-state index contributed by atoms with van der Waals surface area (Å²) in [5, 5.41) is 6.09. The normalized spacial score (nSPS) is 28.4. The smallest absolute Gasteiger partial charge is 0.314 e. The van der Waals surface area contributed by atoms with E-state index < -0.39 is 0 Å². The summed E-state index contributed by atoms with van der Waals surface area (Å²) in [5.74, 6) is 0. The van der Waals surface area contributed by atoms with Crippen LogP contribution in [0.5, 0.6) is 0 Å². The van der Waals surface area contributed by atoms with E-state index in [0.29, 0.717) is 6.54 Å². The number of carbonyl (C=O) groups is 1. The van der Waals surface area contributed by atoms with Crippen LogP contribution in [0.2, 0.25) is 0 Å². The third kappa shape index (κ3) is 4.58. The largest absolute Gasteiger partial charge is 0.379 e. The highest BCUT2D eigenvalue weighted by atomic mass is 16.5. The van der Waals surface area contributed by atoms with Gasteiger partial charge in [-0.05, 0) is 25.7 Å². The second-order valence-electron chi connectivity index (χ2n) is 7.08. The van der Waals surface area contributed by atoms with Gasteiger partial charge in [0.1, 0.15) is 0 Å². The van der Waals surface area contributed by atoms with E-state index in [4.69, 9.17) is 9.47 Å². The molecule has 1 unspecified atom stereocenters. The molecule has 132 valence electrons. The first kappa shape index (κ1) is 17.0. The summed E-state index contributed by atoms with van der Waals surface area (Å²) in [4.78, 5) is 14.7. The summed E-state index contributed by atoms with van der Waals surface area (Å²) in [6.45, 7) is 5.78. The van der Waals surface area contributed by atoms with Crippen molar-refractivity contribution >= 4 is 6.03 Å². The molecule has 2 saturated heterocycles. The fourth-order valence-electron chi connectivity index (χ4n) is 4.17. The minimum absolute atomic E-state index is 0.0568. The zero-order valence-corrected chi connectivity index (χ0v) is 14.1. The summed E-state index contributed by atoms with van der Waals surface area (Å²) in [7, 11) is 0. The molecule has 3 aliphatic rings. The van der Waals surface area contributed by atoms with Gasteiger partial charge in [-0.25, -0.2) is 4.79 Å². The molecule has 6 nitrogen and oxygen atoms in total. The maximum atomic E-state index is 12.1. The van der Waals surface area contributed by atoms with Crippen LogP contribution in [0, 0.1) is 0 Å². The maximum absolute atomic E-state index is 12.1. The van der Waals surface area contributed by atoms with E-state index in [1.54, 1.807) is 0 Å². The summed E-state index contributed by atoms with van der Waals surface area (Å²) in [5.41, 5.74) is 0.128. The number of carbonyl (C=O) groups excluding carboxylic acids is 1. The summed E-state index contributed by atoms with van der Waals surface area (Å²) in [6.07, 6.45) is 8.55. The van der Waals surface area contributed by atoms with Crippen molar-refractivity contribution in [3.05, 3.63) is 0 Å². The van der Waals surface area contributed by atoms with Crippen LogP contribution in [0.25, 0.3) is 0 Å². The topological polar surface area (TPSA) is 62.8 Å². The number of nitrogens with one attached hydrogen (secondary N) is 2. The lowest BCUT2D eigenvalue weighted by Gasteiger charge is -2.48. The van der Waals surface area contributed by atoms with E-state index in [1.165, 1.54) is 32.1 Å². The van der Waals surface area contributed by atoms with E-state index in [0.717, 1.165) is 52.3 Å². The predicted molar refractivity (Wildman–Crippen MR) is 88.6 cm³/mol. The molecule has 0 aromatic heterocycles. The Morgan fingerprint density at radius 2 is 1.83 bits per heavy atom. The molecule has 6 heteroatoms. The number of morpholine rings is 1. The number of amides is 2. The maximum Gasteiger partial charge on any atom is 0.314 e. The fraction of sp³-hybridized carbons (Fsp3) is 0.941. The first-order chi connectivity index (χ1) is 11.3. The van der Waals surface area contributed by atoms with E-state index in [-0.39, 0.29) is 17.7 Å². The fourth-order valence-corrected chi connectivity index (χ4v) is 4.17. The van der Waals surface area contributed by atoms with Crippen LogP contribution in [0.3, 0.4) is 0 Å². The van der Waals surface area contributed by atoms with E-state index >= 15 is 0 Å². The Morgan fingerprint density at radius 3 is 2.52 bits per heavy atom. The van der Waals surface area contributed by atoms with Crippen LogP contribution in [0.15, 0.2) is 0 Å².